The zero-order valence-electron chi connectivity index (χ0n) is 19.1. The summed E-state index contributed by atoms with van der Waals surface area (Å²) in [6.45, 7) is 11.0. The van der Waals surface area contributed by atoms with Gasteiger partial charge in [-0.1, -0.05) is 11.6 Å². The number of aromatic nitrogens is 4. The van der Waals surface area contributed by atoms with Crippen molar-refractivity contribution in [2.45, 2.75) is 66.2 Å². The summed E-state index contributed by atoms with van der Waals surface area (Å²) >= 11 is 5.88. The van der Waals surface area contributed by atoms with Gasteiger partial charge in [-0.15, -0.1) is 0 Å². The largest absolute Gasteiger partial charge is 0.456 e. The average Bonchev–Trinajstić information content (AvgIpc) is 3.04. The summed E-state index contributed by atoms with van der Waals surface area (Å²) in [6, 6.07) is 5.56. The standard InChI is InChI=1S/C23H28ClN5O3/c1-6-28-15-9-8-14(22(31)32-23(3,4)5)12-16(15)29(7-2)19(28)11-10-17(30)20-21(25)26-13-18(24)27-20/h8-9,12-13H,6-7,10-11H2,1-5H3,(H-,25,26,30)/p+1. The first-order valence-corrected chi connectivity index (χ1v) is 11.0. The van der Waals surface area contributed by atoms with Crippen molar-refractivity contribution in [1.29, 1.82) is 0 Å². The average molecular weight is 459 g/mol. The molecule has 9 heteroatoms. The fourth-order valence-corrected chi connectivity index (χ4v) is 3.89. The molecule has 8 nitrogen and oxygen atoms in total. The number of benzene rings is 1. The molecule has 32 heavy (non-hydrogen) atoms. The Morgan fingerprint density at radius 2 is 1.97 bits per heavy atom. The second-order valence-electron chi connectivity index (χ2n) is 8.46. The Hall–Kier alpha value is -3.00. The number of esters is 1. The van der Waals surface area contributed by atoms with Crippen molar-refractivity contribution in [2.24, 2.45) is 0 Å². The Labute approximate surface area is 192 Å². The van der Waals surface area contributed by atoms with Crippen LogP contribution in [0.15, 0.2) is 24.4 Å². The SMILES string of the molecule is CCn1c(CCC(=O)c2nc(Cl)cnc2N)[n+](CC)c2ccc(C(=O)OC(C)(C)C)cc21. The van der Waals surface area contributed by atoms with Crippen molar-refractivity contribution in [3.63, 3.8) is 0 Å². The molecule has 2 N–H and O–H groups in total. The zero-order chi connectivity index (χ0) is 23.6. The summed E-state index contributed by atoms with van der Waals surface area (Å²) in [7, 11) is 0. The number of anilines is 1. The second-order valence-corrected chi connectivity index (χ2v) is 8.85. The number of rotatable bonds is 7. The molecule has 3 aromatic rings. The molecule has 2 heterocycles. The van der Waals surface area contributed by atoms with E-state index in [2.05, 4.69) is 19.1 Å². The summed E-state index contributed by atoms with van der Waals surface area (Å²) in [5.74, 6) is 0.467. The number of nitrogen functional groups attached to an aromatic ring is 1. The van der Waals surface area contributed by atoms with Crippen LogP contribution in [0.1, 0.15) is 67.7 Å². The normalized spacial score (nSPS) is 11.7. The number of hydrogen-bond donors (Lipinski definition) is 1. The molecule has 0 aliphatic heterocycles. The summed E-state index contributed by atoms with van der Waals surface area (Å²) < 4.78 is 9.79. The van der Waals surface area contributed by atoms with Gasteiger partial charge in [0.05, 0.1) is 31.3 Å². The highest BCUT2D eigenvalue weighted by molar-refractivity contribution is 6.29. The van der Waals surface area contributed by atoms with E-state index in [0.717, 1.165) is 23.4 Å². The van der Waals surface area contributed by atoms with Gasteiger partial charge in [-0.05, 0) is 46.8 Å². The molecule has 0 bridgehead atoms. The maximum absolute atomic E-state index is 12.8. The van der Waals surface area contributed by atoms with E-state index < -0.39 is 5.60 Å². The van der Waals surface area contributed by atoms with E-state index in [0.29, 0.717) is 18.5 Å². The van der Waals surface area contributed by atoms with Crippen molar-refractivity contribution in [2.75, 3.05) is 5.73 Å². The van der Waals surface area contributed by atoms with Crippen molar-refractivity contribution >= 4 is 40.2 Å². The summed E-state index contributed by atoms with van der Waals surface area (Å²) in [5, 5.41) is 0.128. The van der Waals surface area contributed by atoms with Crippen LogP contribution in [0, 0.1) is 0 Å². The van der Waals surface area contributed by atoms with Crippen LogP contribution in [0.5, 0.6) is 0 Å². The number of ketones is 1. The van der Waals surface area contributed by atoms with E-state index in [-0.39, 0.29) is 34.8 Å². The molecule has 0 saturated carbocycles. The van der Waals surface area contributed by atoms with E-state index >= 15 is 0 Å². The fourth-order valence-electron chi connectivity index (χ4n) is 3.76. The number of ether oxygens (including phenoxy) is 1. The van der Waals surface area contributed by atoms with Gasteiger partial charge in [0.2, 0.25) is 0 Å². The number of halogens is 1. The number of Topliss-reactive ketones (excluding diaryl/α,β-unsaturated/α-hetero) is 1. The van der Waals surface area contributed by atoms with Crippen LogP contribution in [0.3, 0.4) is 0 Å². The lowest BCUT2D eigenvalue weighted by Crippen LogP contribution is -2.37. The van der Waals surface area contributed by atoms with Gasteiger partial charge in [0.1, 0.15) is 16.4 Å². The first-order chi connectivity index (χ1) is 15.1. The molecule has 0 aliphatic carbocycles. The summed E-state index contributed by atoms with van der Waals surface area (Å²) in [4.78, 5) is 33.3. The molecule has 0 aliphatic rings. The first kappa shape index (κ1) is 23.7. The van der Waals surface area contributed by atoms with Crippen LogP contribution in [-0.4, -0.2) is 31.9 Å². The van der Waals surface area contributed by atoms with E-state index in [1.807, 2.05) is 46.8 Å². The molecular weight excluding hydrogens is 430 g/mol. The molecule has 0 amide bonds. The molecule has 0 unspecified atom stereocenters. The van der Waals surface area contributed by atoms with Gasteiger partial charge >= 0.3 is 5.97 Å². The lowest BCUT2D eigenvalue weighted by molar-refractivity contribution is -0.676. The van der Waals surface area contributed by atoms with Crippen molar-refractivity contribution < 1.29 is 18.9 Å². The Morgan fingerprint density at radius 3 is 2.59 bits per heavy atom. The molecule has 3 rings (SSSR count). The van der Waals surface area contributed by atoms with Crippen LogP contribution in [0.2, 0.25) is 5.15 Å². The number of carbonyl (C=O) groups excluding carboxylic acids is 2. The highest BCUT2D eigenvalue weighted by atomic mass is 35.5. The zero-order valence-corrected chi connectivity index (χ0v) is 19.9. The Morgan fingerprint density at radius 1 is 1.25 bits per heavy atom. The topological polar surface area (TPSA) is 104 Å². The number of nitrogens with two attached hydrogens (primary N) is 1. The van der Waals surface area contributed by atoms with Gasteiger partial charge in [0, 0.05) is 12.5 Å². The number of hydrogen-bond acceptors (Lipinski definition) is 6. The predicted molar refractivity (Wildman–Crippen MR) is 123 cm³/mol. The number of nitrogens with zero attached hydrogens (tertiary/aromatic N) is 4. The molecule has 0 atom stereocenters. The Balaban J connectivity index is 1.96. The van der Waals surface area contributed by atoms with Crippen LogP contribution in [0.4, 0.5) is 5.82 Å². The summed E-state index contributed by atoms with van der Waals surface area (Å²) in [5.41, 5.74) is 7.74. The van der Waals surface area contributed by atoms with E-state index in [4.69, 9.17) is 22.1 Å². The third kappa shape index (κ3) is 4.91. The Kier molecular flexibility index (Phi) is 6.83. The number of carbonyl (C=O) groups is 2. The third-order valence-electron chi connectivity index (χ3n) is 5.06. The van der Waals surface area contributed by atoms with Crippen molar-refractivity contribution in [1.82, 2.24) is 14.5 Å². The highest BCUT2D eigenvalue weighted by Crippen LogP contribution is 2.21. The lowest BCUT2D eigenvalue weighted by atomic mass is 10.1. The second kappa shape index (κ2) is 9.24. The molecule has 0 radical (unpaired) electrons. The minimum Gasteiger partial charge on any atom is -0.456 e. The third-order valence-corrected chi connectivity index (χ3v) is 5.24. The smallest absolute Gasteiger partial charge is 0.338 e. The van der Waals surface area contributed by atoms with E-state index in [9.17, 15) is 9.59 Å². The van der Waals surface area contributed by atoms with Crippen molar-refractivity contribution in [3.8, 4) is 0 Å². The molecule has 0 saturated heterocycles. The summed E-state index contributed by atoms with van der Waals surface area (Å²) in [6.07, 6.45) is 2.00. The minimum atomic E-state index is -0.571. The maximum Gasteiger partial charge on any atom is 0.338 e. The molecule has 170 valence electrons. The molecule has 1 aromatic carbocycles. The van der Waals surface area contributed by atoms with Gasteiger partial charge in [-0.2, -0.15) is 0 Å². The van der Waals surface area contributed by atoms with Gasteiger partial charge in [-0.3, -0.25) is 4.79 Å². The van der Waals surface area contributed by atoms with Crippen LogP contribution >= 0.6 is 11.6 Å². The fraction of sp³-hybridized carbons (Fsp3) is 0.435. The molecular formula is C23H29ClN5O3+. The number of aryl methyl sites for hydroxylation is 2. The molecule has 2 aromatic heterocycles. The van der Waals surface area contributed by atoms with Crippen LogP contribution < -0.4 is 10.3 Å². The van der Waals surface area contributed by atoms with E-state index in [1.54, 1.807) is 6.07 Å². The van der Waals surface area contributed by atoms with Crippen LogP contribution in [0.25, 0.3) is 11.0 Å². The van der Waals surface area contributed by atoms with Gasteiger partial charge in [-0.25, -0.2) is 23.9 Å². The highest BCUT2D eigenvalue weighted by Gasteiger charge is 2.27. The Bertz CT molecular complexity index is 1180. The van der Waals surface area contributed by atoms with E-state index in [1.165, 1.54) is 6.20 Å². The number of imidazole rings is 1. The van der Waals surface area contributed by atoms with Crippen molar-refractivity contribution in [3.05, 3.63) is 46.6 Å². The van der Waals surface area contributed by atoms with Gasteiger partial charge in [0.25, 0.3) is 5.82 Å². The molecule has 0 fully saturated rings. The first-order valence-electron chi connectivity index (χ1n) is 10.6. The molecule has 0 spiro atoms. The van der Waals surface area contributed by atoms with Crippen LogP contribution in [-0.2, 0) is 24.2 Å². The quantitative estimate of drug-likeness (QED) is 0.328. The van der Waals surface area contributed by atoms with Gasteiger partial charge < -0.3 is 10.5 Å². The van der Waals surface area contributed by atoms with Gasteiger partial charge in [0.15, 0.2) is 22.6 Å². The monoisotopic (exact) mass is 458 g/mol. The minimum absolute atomic E-state index is 0.0702. The predicted octanol–water partition coefficient (Wildman–Crippen LogP) is 3.77. The maximum atomic E-state index is 12.8. The number of fused-ring (bicyclic) bond motifs is 1. The lowest BCUT2D eigenvalue weighted by Gasteiger charge is -2.19.